The molecule has 1 atom stereocenters. The second kappa shape index (κ2) is 6.13. The quantitative estimate of drug-likeness (QED) is 0.797. The smallest absolute Gasteiger partial charge is 0.328 e. The zero-order valence-electron chi connectivity index (χ0n) is 15.0. The number of ether oxygens (including phenoxy) is 3. The first-order valence-electron chi connectivity index (χ1n) is 8.30. The van der Waals surface area contributed by atoms with Gasteiger partial charge in [0.05, 0.1) is 20.3 Å². The number of rotatable bonds is 3. The summed E-state index contributed by atoms with van der Waals surface area (Å²) < 4.78 is 16.9. The van der Waals surface area contributed by atoms with Gasteiger partial charge in [0.2, 0.25) is 0 Å². The SMILES string of the molecule is CCOC(=O)C1c2c(OC)ccc3c2C(=CC(C)(C)CO3)CN1C. The molecule has 0 fully saturated rings. The summed E-state index contributed by atoms with van der Waals surface area (Å²) in [5, 5.41) is 0. The largest absolute Gasteiger partial charge is 0.496 e. The van der Waals surface area contributed by atoms with E-state index in [1.165, 1.54) is 5.57 Å². The fourth-order valence-electron chi connectivity index (χ4n) is 3.55. The molecule has 2 aliphatic rings. The maximum absolute atomic E-state index is 12.6. The number of likely N-dealkylation sites (N-methyl/N-ethyl adjacent to an activating group) is 1. The van der Waals surface area contributed by atoms with Crippen LogP contribution in [0.2, 0.25) is 0 Å². The topological polar surface area (TPSA) is 48.0 Å². The van der Waals surface area contributed by atoms with Crippen molar-refractivity contribution in [3.8, 4) is 11.5 Å². The number of hydrogen-bond donors (Lipinski definition) is 0. The van der Waals surface area contributed by atoms with Crippen LogP contribution in [0.1, 0.15) is 37.9 Å². The third-order valence-electron chi connectivity index (χ3n) is 4.52. The highest BCUT2D eigenvalue weighted by molar-refractivity contribution is 5.88. The Labute approximate surface area is 143 Å². The Kier molecular flexibility index (Phi) is 4.30. The average Bonchev–Trinajstić information content (AvgIpc) is 2.64. The van der Waals surface area contributed by atoms with E-state index in [1.54, 1.807) is 7.11 Å². The molecule has 0 bridgehead atoms. The predicted octanol–water partition coefficient (Wildman–Crippen LogP) is 3.05. The van der Waals surface area contributed by atoms with Crippen LogP contribution in [-0.4, -0.2) is 44.8 Å². The third-order valence-corrected chi connectivity index (χ3v) is 4.52. The van der Waals surface area contributed by atoms with E-state index in [4.69, 9.17) is 14.2 Å². The minimum atomic E-state index is -0.489. The van der Waals surface area contributed by atoms with Crippen molar-refractivity contribution in [3.05, 3.63) is 29.3 Å². The van der Waals surface area contributed by atoms with E-state index in [9.17, 15) is 4.79 Å². The lowest BCUT2D eigenvalue weighted by Gasteiger charge is -2.35. The molecule has 2 heterocycles. The lowest BCUT2D eigenvalue weighted by Crippen LogP contribution is -2.38. The summed E-state index contributed by atoms with van der Waals surface area (Å²) in [6.07, 6.45) is 2.25. The van der Waals surface area contributed by atoms with E-state index >= 15 is 0 Å². The summed E-state index contributed by atoms with van der Waals surface area (Å²) in [7, 11) is 3.57. The van der Waals surface area contributed by atoms with Crippen molar-refractivity contribution in [2.75, 3.05) is 33.9 Å². The standard InChI is InChI=1S/C19H25NO4/c1-6-23-18(21)17-16-13(22-5)7-8-14-15(16)12(10-20(17)4)9-19(2,3)11-24-14/h7-9,17H,6,10-11H2,1-5H3. The Morgan fingerprint density at radius 1 is 1.42 bits per heavy atom. The van der Waals surface area contributed by atoms with Gasteiger partial charge in [0.15, 0.2) is 0 Å². The maximum Gasteiger partial charge on any atom is 0.328 e. The fraction of sp³-hybridized carbons (Fsp3) is 0.526. The Hall–Kier alpha value is -2.01. The lowest BCUT2D eigenvalue weighted by molar-refractivity contribution is -0.149. The molecular formula is C19H25NO4. The Morgan fingerprint density at radius 2 is 2.17 bits per heavy atom. The first kappa shape index (κ1) is 16.8. The monoisotopic (exact) mass is 331 g/mol. The van der Waals surface area contributed by atoms with Crippen LogP contribution in [-0.2, 0) is 9.53 Å². The molecule has 0 spiro atoms. The van der Waals surface area contributed by atoms with Crippen molar-refractivity contribution in [1.29, 1.82) is 0 Å². The molecule has 0 aliphatic carbocycles. The summed E-state index contributed by atoms with van der Waals surface area (Å²) in [6.45, 7) is 7.75. The van der Waals surface area contributed by atoms with Gasteiger partial charge in [0.25, 0.3) is 0 Å². The van der Waals surface area contributed by atoms with Crippen LogP contribution in [0.3, 0.4) is 0 Å². The highest BCUT2D eigenvalue weighted by Gasteiger charge is 2.40. The molecule has 0 N–H and O–H groups in total. The molecule has 1 aromatic carbocycles. The van der Waals surface area contributed by atoms with Crippen LogP contribution in [0.5, 0.6) is 11.5 Å². The van der Waals surface area contributed by atoms with Crippen molar-refractivity contribution < 1.29 is 19.0 Å². The lowest BCUT2D eigenvalue weighted by atomic mass is 9.84. The van der Waals surface area contributed by atoms with E-state index in [1.807, 2.05) is 31.0 Å². The molecule has 24 heavy (non-hydrogen) atoms. The zero-order valence-corrected chi connectivity index (χ0v) is 15.0. The van der Waals surface area contributed by atoms with E-state index in [0.717, 1.165) is 16.9 Å². The van der Waals surface area contributed by atoms with Gasteiger partial charge in [-0.2, -0.15) is 0 Å². The highest BCUT2D eigenvalue weighted by Crippen LogP contribution is 2.47. The molecule has 5 heteroatoms. The highest BCUT2D eigenvalue weighted by atomic mass is 16.5. The molecule has 130 valence electrons. The van der Waals surface area contributed by atoms with Gasteiger partial charge in [-0.1, -0.05) is 19.9 Å². The van der Waals surface area contributed by atoms with E-state index in [2.05, 4.69) is 19.9 Å². The second-order valence-electron chi connectivity index (χ2n) is 7.07. The minimum absolute atomic E-state index is 0.0730. The molecular weight excluding hydrogens is 306 g/mol. The number of methoxy groups -OCH3 is 1. The third kappa shape index (κ3) is 2.77. The number of benzene rings is 1. The number of nitrogens with zero attached hydrogens (tertiary/aromatic N) is 1. The number of carbonyl (C=O) groups is 1. The minimum Gasteiger partial charge on any atom is -0.496 e. The Balaban J connectivity index is 2.24. The van der Waals surface area contributed by atoms with Gasteiger partial charge >= 0.3 is 5.97 Å². The molecule has 0 aromatic heterocycles. The molecule has 0 saturated heterocycles. The Morgan fingerprint density at radius 3 is 2.83 bits per heavy atom. The summed E-state index contributed by atoms with van der Waals surface area (Å²) in [6, 6.07) is 3.31. The molecule has 0 saturated carbocycles. The molecule has 0 radical (unpaired) electrons. The average molecular weight is 331 g/mol. The van der Waals surface area contributed by atoms with Crippen molar-refractivity contribution in [2.24, 2.45) is 5.41 Å². The number of hydrogen-bond acceptors (Lipinski definition) is 5. The van der Waals surface area contributed by atoms with Crippen molar-refractivity contribution in [1.82, 2.24) is 4.90 Å². The van der Waals surface area contributed by atoms with Gasteiger partial charge in [-0.05, 0) is 31.7 Å². The van der Waals surface area contributed by atoms with Crippen molar-refractivity contribution in [2.45, 2.75) is 26.8 Å². The maximum atomic E-state index is 12.6. The summed E-state index contributed by atoms with van der Waals surface area (Å²) in [5.74, 6) is 1.24. The summed E-state index contributed by atoms with van der Waals surface area (Å²) in [4.78, 5) is 14.6. The number of carbonyl (C=O) groups excluding carboxylic acids is 1. The first-order chi connectivity index (χ1) is 11.4. The van der Waals surface area contributed by atoms with Gasteiger partial charge < -0.3 is 14.2 Å². The first-order valence-corrected chi connectivity index (χ1v) is 8.30. The molecule has 0 amide bonds. The summed E-state index contributed by atoms with van der Waals surface area (Å²) in [5.41, 5.74) is 2.92. The molecule has 2 aliphatic heterocycles. The van der Waals surface area contributed by atoms with Gasteiger partial charge in [-0.25, -0.2) is 4.79 Å². The van der Waals surface area contributed by atoms with Crippen LogP contribution in [0.15, 0.2) is 18.2 Å². The molecule has 1 unspecified atom stereocenters. The normalized spacial score (nSPS) is 21.9. The van der Waals surface area contributed by atoms with Crippen LogP contribution in [0.25, 0.3) is 5.57 Å². The fourth-order valence-corrected chi connectivity index (χ4v) is 3.55. The van der Waals surface area contributed by atoms with Gasteiger partial charge in [-0.3, -0.25) is 4.90 Å². The van der Waals surface area contributed by atoms with Crippen molar-refractivity contribution >= 4 is 11.5 Å². The predicted molar refractivity (Wildman–Crippen MR) is 92.3 cm³/mol. The molecule has 1 aromatic rings. The van der Waals surface area contributed by atoms with Gasteiger partial charge in [0, 0.05) is 23.1 Å². The Bertz CT molecular complexity index is 693. The molecule has 3 rings (SSSR count). The van der Waals surface area contributed by atoms with E-state index in [-0.39, 0.29) is 11.4 Å². The second-order valence-corrected chi connectivity index (χ2v) is 7.07. The zero-order chi connectivity index (χ0) is 17.5. The van der Waals surface area contributed by atoms with E-state index in [0.29, 0.717) is 25.5 Å². The van der Waals surface area contributed by atoms with Crippen LogP contribution in [0.4, 0.5) is 0 Å². The van der Waals surface area contributed by atoms with Crippen LogP contribution in [0, 0.1) is 5.41 Å². The van der Waals surface area contributed by atoms with Gasteiger partial charge in [-0.15, -0.1) is 0 Å². The summed E-state index contributed by atoms with van der Waals surface area (Å²) >= 11 is 0. The molecule has 5 nitrogen and oxygen atoms in total. The number of esters is 1. The van der Waals surface area contributed by atoms with E-state index < -0.39 is 6.04 Å². The van der Waals surface area contributed by atoms with Crippen LogP contribution < -0.4 is 9.47 Å². The van der Waals surface area contributed by atoms with Gasteiger partial charge in [0.1, 0.15) is 17.5 Å². The van der Waals surface area contributed by atoms with Crippen molar-refractivity contribution in [3.63, 3.8) is 0 Å². The van der Waals surface area contributed by atoms with Crippen LogP contribution >= 0.6 is 0 Å².